The lowest BCUT2D eigenvalue weighted by atomic mass is 10.5. The van der Waals surface area contributed by atoms with Gasteiger partial charge in [0.1, 0.15) is 11.8 Å². The standard InChI is InChI=1S/C7H8N4S/c1-5(12)11-4-10-6-2-8-3-9-7(6)11/h2-5,12H,1H3. The highest BCUT2D eigenvalue weighted by Crippen LogP contribution is 2.15. The minimum atomic E-state index is 0.0879. The van der Waals surface area contributed by atoms with Crippen molar-refractivity contribution in [3.63, 3.8) is 0 Å². The van der Waals surface area contributed by atoms with E-state index in [1.807, 2.05) is 11.5 Å². The van der Waals surface area contributed by atoms with Gasteiger partial charge < -0.3 is 4.57 Å². The Labute approximate surface area is 75.1 Å². The first-order chi connectivity index (χ1) is 5.79. The molecular formula is C7H8N4S. The second-order valence-corrected chi connectivity index (χ2v) is 3.26. The third-order valence-electron chi connectivity index (χ3n) is 1.64. The van der Waals surface area contributed by atoms with E-state index in [4.69, 9.17) is 0 Å². The predicted molar refractivity (Wildman–Crippen MR) is 49.0 cm³/mol. The highest BCUT2D eigenvalue weighted by Gasteiger charge is 2.05. The van der Waals surface area contributed by atoms with E-state index in [2.05, 4.69) is 27.6 Å². The second kappa shape index (κ2) is 2.75. The molecule has 2 rings (SSSR count). The Morgan fingerprint density at radius 3 is 3.08 bits per heavy atom. The molecule has 0 saturated heterocycles. The first kappa shape index (κ1) is 7.54. The highest BCUT2D eigenvalue weighted by atomic mass is 32.1. The molecule has 1 atom stereocenters. The largest absolute Gasteiger partial charge is 0.303 e. The Balaban J connectivity index is 2.70. The summed E-state index contributed by atoms with van der Waals surface area (Å²) in [6.45, 7) is 1.96. The molecule has 62 valence electrons. The molecule has 0 fully saturated rings. The molecule has 0 aromatic carbocycles. The van der Waals surface area contributed by atoms with Gasteiger partial charge in [-0.3, -0.25) is 0 Å². The molecule has 1 unspecified atom stereocenters. The van der Waals surface area contributed by atoms with Crippen molar-refractivity contribution in [3.05, 3.63) is 18.9 Å². The summed E-state index contributed by atoms with van der Waals surface area (Å²) in [4.78, 5) is 12.1. The van der Waals surface area contributed by atoms with E-state index in [1.165, 1.54) is 6.33 Å². The number of rotatable bonds is 1. The van der Waals surface area contributed by atoms with Gasteiger partial charge in [0.05, 0.1) is 17.9 Å². The minimum Gasteiger partial charge on any atom is -0.303 e. The van der Waals surface area contributed by atoms with Gasteiger partial charge in [-0.25, -0.2) is 15.0 Å². The van der Waals surface area contributed by atoms with E-state index in [1.54, 1.807) is 12.5 Å². The molecule has 0 radical (unpaired) electrons. The van der Waals surface area contributed by atoms with E-state index < -0.39 is 0 Å². The lowest BCUT2D eigenvalue weighted by Gasteiger charge is -2.04. The van der Waals surface area contributed by atoms with Crippen molar-refractivity contribution < 1.29 is 0 Å². The zero-order chi connectivity index (χ0) is 8.55. The van der Waals surface area contributed by atoms with Crippen LogP contribution in [0.4, 0.5) is 0 Å². The van der Waals surface area contributed by atoms with Crippen LogP contribution in [-0.4, -0.2) is 19.5 Å². The molecule has 0 saturated carbocycles. The molecule has 12 heavy (non-hydrogen) atoms. The van der Waals surface area contributed by atoms with E-state index in [-0.39, 0.29) is 5.37 Å². The molecule has 0 aliphatic heterocycles. The van der Waals surface area contributed by atoms with E-state index in [9.17, 15) is 0 Å². The first-order valence-electron chi connectivity index (χ1n) is 3.59. The Bertz CT molecular complexity index is 395. The van der Waals surface area contributed by atoms with Crippen LogP contribution in [0.3, 0.4) is 0 Å². The zero-order valence-corrected chi connectivity index (χ0v) is 7.44. The summed E-state index contributed by atoms with van der Waals surface area (Å²) in [7, 11) is 0. The molecule has 5 heteroatoms. The van der Waals surface area contributed by atoms with Gasteiger partial charge in [-0.15, -0.1) is 0 Å². The topological polar surface area (TPSA) is 43.6 Å². The van der Waals surface area contributed by atoms with Gasteiger partial charge in [-0.05, 0) is 6.92 Å². The van der Waals surface area contributed by atoms with Crippen molar-refractivity contribution in [2.75, 3.05) is 0 Å². The van der Waals surface area contributed by atoms with E-state index in [0.717, 1.165) is 11.2 Å². The van der Waals surface area contributed by atoms with Crippen molar-refractivity contribution in [3.8, 4) is 0 Å². The quantitative estimate of drug-likeness (QED) is 0.672. The summed E-state index contributed by atoms with van der Waals surface area (Å²) >= 11 is 4.29. The fraction of sp³-hybridized carbons (Fsp3) is 0.286. The normalized spacial score (nSPS) is 13.5. The fourth-order valence-corrected chi connectivity index (χ4v) is 1.23. The zero-order valence-electron chi connectivity index (χ0n) is 6.55. The van der Waals surface area contributed by atoms with Crippen molar-refractivity contribution >= 4 is 23.8 Å². The molecule has 0 spiro atoms. The van der Waals surface area contributed by atoms with Crippen LogP contribution in [0.25, 0.3) is 11.2 Å². The second-order valence-electron chi connectivity index (χ2n) is 2.52. The molecule has 0 aliphatic carbocycles. The minimum absolute atomic E-state index is 0.0879. The Morgan fingerprint density at radius 1 is 1.50 bits per heavy atom. The van der Waals surface area contributed by atoms with Crippen molar-refractivity contribution in [2.24, 2.45) is 0 Å². The van der Waals surface area contributed by atoms with Gasteiger partial charge >= 0.3 is 0 Å². The van der Waals surface area contributed by atoms with Crippen LogP contribution in [0.2, 0.25) is 0 Å². The predicted octanol–water partition coefficient (Wildman–Crippen LogP) is 1.27. The average Bonchev–Trinajstić information content (AvgIpc) is 2.47. The highest BCUT2D eigenvalue weighted by molar-refractivity contribution is 7.80. The van der Waals surface area contributed by atoms with E-state index in [0.29, 0.717) is 0 Å². The maximum atomic E-state index is 4.29. The third-order valence-corrected chi connectivity index (χ3v) is 1.89. The molecule has 0 amide bonds. The number of thiol groups is 1. The third kappa shape index (κ3) is 1.06. The molecule has 2 heterocycles. The number of nitrogens with zero attached hydrogens (tertiary/aromatic N) is 4. The number of imidazole rings is 1. The van der Waals surface area contributed by atoms with Crippen molar-refractivity contribution in [1.82, 2.24) is 19.5 Å². The monoisotopic (exact) mass is 180 g/mol. The molecule has 2 aromatic heterocycles. The van der Waals surface area contributed by atoms with E-state index >= 15 is 0 Å². The lowest BCUT2D eigenvalue weighted by molar-refractivity contribution is 0.760. The number of hydrogen-bond donors (Lipinski definition) is 1. The van der Waals surface area contributed by atoms with Gasteiger partial charge in [0.25, 0.3) is 0 Å². The first-order valence-corrected chi connectivity index (χ1v) is 4.11. The van der Waals surface area contributed by atoms with Gasteiger partial charge in [-0.2, -0.15) is 12.6 Å². The SMILES string of the molecule is CC(S)n1cnc2cncnc21. The van der Waals surface area contributed by atoms with Crippen molar-refractivity contribution in [1.29, 1.82) is 0 Å². The van der Waals surface area contributed by atoms with Crippen LogP contribution < -0.4 is 0 Å². The Hall–Kier alpha value is -1.10. The summed E-state index contributed by atoms with van der Waals surface area (Å²) in [6, 6.07) is 0. The summed E-state index contributed by atoms with van der Waals surface area (Å²) in [5.41, 5.74) is 1.63. The van der Waals surface area contributed by atoms with Gasteiger partial charge in [0.2, 0.25) is 0 Å². The maximum Gasteiger partial charge on any atom is 0.164 e. The Morgan fingerprint density at radius 2 is 2.33 bits per heavy atom. The molecule has 0 N–H and O–H groups in total. The Kier molecular flexibility index (Phi) is 1.73. The summed E-state index contributed by atoms with van der Waals surface area (Å²) in [6.07, 6.45) is 4.92. The molecular weight excluding hydrogens is 172 g/mol. The number of hydrogen-bond acceptors (Lipinski definition) is 4. The lowest BCUT2D eigenvalue weighted by Crippen LogP contribution is -1.97. The van der Waals surface area contributed by atoms with Gasteiger partial charge in [0.15, 0.2) is 5.65 Å². The summed E-state index contributed by atoms with van der Waals surface area (Å²) < 4.78 is 1.89. The molecule has 0 bridgehead atoms. The number of aromatic nitrogens is 4. The average molecular weight is 180 g/mol. The molecule has 2 aromatic rings. The number of fused-ring (bicyclic) bond motifs is 1. The van der Waals surface area contributed by atoms with Crippen LogP contribution >= 0.6 is 12.6 Å². The van der Waals surface area contributed by atoms with Crippen LogP contribution in [-0.2, 0) is 0 Å². The van der Waals surface area contributed by atoms with Gasteiger partial charge in [0, 0.05) is 0 Å². The smallest absolute Gasteiger partial charge is 0.164 e. The maximum absolute atomic E-state index is 4.29. The summed E-state index contributed by atoms with van der Waals surface area (Å²) in [5, 5.41) is 0.0879. The van der Waals surface area contributed by atoms with Crippen LogP contribution in [0.1, 0.15) is 12.3 Å². The molecule has 4 nitrogen and oxygen atoms in total. The van der Waals surface area contributed by atoms with Crippen LogP contribution in [0, 0.1) is 0 Å². The van der Waals surface area contributed by atoms with Crippen LogP contribution in [0.5, 0.6) is 0 Å². The van der Waals surface area contributed by atoms with Gasteiger partial charge in [-0.1, -0.05) is 0 Å². The molecule has 0 aliphatic rings. The summed E-state index contributed by atoms with van der Waals surface area (Å²) in [5.74, 6) is 0. The van der Waals surface area contributed by atoms with Crippen LogP contribution in [0.15, 0.2) is 18.9 Å². The fourth-order valence-electron chi connectivity index (χ4n) is 1.06. The van der Waals surface area contributed by atoms with Crippen molar-refractivity contribution in [2.45, 2.75) is 12.3 Å².